The van der Waals surface area contributed by atoms with E-state index in [9.17, 15) is 0 Å². The van der Waals surface area contributed by atoms with E-state index >= 15 is 0 Å². The molecule has 0 spiro atoms. The maximum absolute atomic E-state index is 5.65. The van der Waals surface area contributed by atoms with E-state index in [1.165, 1.54) is 17.5 Å². The number of hydrogen-bond acceptors (Lipinski definition) is 3. The molecule has 0 aliphatic carbocycles. The molecule has 3 nitrogen and oxygen atoms in total. The molecule has 0 amide bonds. The zero-order valence-corrected chi connectivity index (χ0v) is 12.2. The first kappa shape index (κ1) is 14.4. The summed E-state index contributed by atoms with van der Waals surface area (Å²) in [6.07, 6.45) is 2.37. The normalized spacial score (nSPS) is 21.1. The minimum absolute atomic E-state index is 0.320. The molecule has 1 saturated heterocycles. The fourth-order valence-electron chi connectivity index (χ4n) is 2.85. The Morgan fingerprint density at radius 1 is 1.47 bits per heavy atom. The van der Waals surface area contributed by atoms with Gasteiger partial charge in [0.05, 0.1) is 13.7 Å². The molecule has 19 heavy (non-hydrogen) atoms. The van der Waals surface area contributed by atoms with E-state index in [1.54, 1.807) is 7.11 Å². The molecule has 0 radical (unpaired) electrons. The summed E-state index contributed by atoms with van der Waals surface area (Å²) < 4.78 is 11.2. The number of rotatable bonds is 5. The van der Waals surface area contributed by atoms with Crippen molar-refractivity contribution in [1.29, 1.82) is 0 Å². The van der Waals surface area contributed by atoms with E-state index in [0.717, 1.165) is 31.9 Å². The molecular weight excluding hydrogens is 238 g/mol. The number of methoxy groups -OCH3 is 1. The van der Waals surface area contributed by atoms with Crippen LogP contribution >= 0.6 is 0 Å². The third kappa shape index (κ3) is 3.48. The SMILES string of the molecule is CCNC(c1ccc(C)cc1OC)C1CCCOC1. The van der Waals surface area contributed by atoms with Crippen LogP contribution in [0.3, 0.4) is 0 Å². The van der Waals surface area contributed by atoms with Crippen molar-refractivity contribution in [3.63, 3.8) is 0 Å². The van der Waals surface area contributed by atoms with Crippen LogP contribution in [-0.4, -0.2) is 26.9 Å². The maximum Gasteiger partial charge on any atom is 0.123 e. The second-order valence-electron chi connectivity index (χ2n) is 5.26. The molecular formula is C16H25NO2. The van der Waals surface area contributed by atoms with Gasteiger partial charge in [-0.3, -0.25) is 0 Å². The summed E-state index contributed by atoms with van der Waals surface area (Å²) in [4.78, 5) is 0. The van der Waals surface area contributed by atoms with Gasteiger partial charge in [0.1, 0.15) is 5.75 Å². The van der Waals surface area contributed by atoms with Crippen LogP contribution in [0.1, 0.15) is 36.9 Å². The van der Waals surface area contributed by atoms with Crippen LogP contribution in [0.15, 0.2) is 18.2 Å². The highest BCUT2D eigenvalue weighted by molar-refractivity contribution is 5.39. The van der Waals surface area contributed by atoms with Crippen LogP contribution < -0.4 is 10.1 Å². The van der Waals surface area contributed by atoms with Gasteiger partial charge in [-0.05, 0) is 37.9 Å². The van der Waals surface area contributed by atoms with E-state index < -0.39 is 0 Å². The minimum Gasteiger partial charge on any atom is -0.496 e. The van der Waals surface area contributed by atoms with E-state index in [-0.39, 0.29) is 0 Å². The van der Waals surface area contributed by atoms with Gasteiger partial charge in [-0.2, -0.15) is 0 Å². The van der Waals surface area contributed by atoms with Gasteiger partial charge in [0.2, 0.25) is 0 Å². The molecule has 3 heteroatoms. The maximum atomic E-state index is 5.65. The molecule has 0 aromatic heterocycles. The van der Waals surface area contributed by atoms with Gasteiger partial charge in [-0.1, -0.05) is 19.1 Å². The third-order valence-electron chi connectivity index (χ3n) is 3.81. The topological polar surface area (TPSA) is 30.5 Å². The van der Waals surface area contributed by atoms with Crippen LogP contribution in [0, 0.1) is 12.8 Å². The number of ether oxygens (including phenoxy) is 2. The van der Waals surface area contributed by atoms with Crippen molar-refractivity contribution in [3.8, 4) is 5.75 Å². The van der Waals surface area contributed by atoms with E-state index in [2.05, 4.69) is 37.4 Å². The van der Waals surface area contributed by atoms with Crippen LogP contribution in [-0.2, 0) is 4.74 Å². The predicted octanol–water partition coefficient (Wildman–Crippen LogP) is 3.08. The van der Waals surface area contributed by atoms with E-state index in [4.69, 9.17) is 9.47 Å². The molecule has 1 aliphatic rings. The zero-order chi connectivity index (χ0) is 13.7. The lowest BCUT2D eigenvalue weighted by Crippen LogP contribution is -2.33. The summed E-state index contributed by atoms with van der Waals surface area (Å²) >= 11 is 0. The molecule has 1 aromatic rings. The van der Waals surface area contributed by atoms with Crippen molar-refractivity contribution in [2.75, 3.05) is 26.9 Å². The van der Waals surface area contributed by atoms with Gasteiger partial charge < -0.3 is 14.8 Å². The van der Waals surface area contributed by atoms with Crippen molar-refractivity contribution in [3.05, 3.63) is 29.3 Å². The van der Waals surface area contributed by atoms with Gasteiger partial charge >= 0.3 is 0 Å². The lowest BCUT2D eigenvalue weighted by atomic mass is 9.88. The summed E-state index contributed by atoms with van der Waals surface area (Å²) in [6, 6.07) is 6.78. The first-order valence-electron chi connectivity index (χ1n) is 7.22. The Morgan fingerprint density at radius 2 is 2.32 bits per heavy atom. The zero-order valence-electron chi connectivity index (χ0n) is 12.2. The Balaban J connectivity index is 2.26. The fraction of sp³-hybridized carbons (Fsp3) is 0.625. The lowest BCUT2D eigenvalue weighted by Gasteiger charge is -2.32. The van der Waals surface area contributed by atoms with Crippen molar-refractivity contribution in [1.82, 2.24) is 5.32 Å². The summed E-state index contributed by atoms with van der Waals surface area (Å²) in [5.41, 5.74) is 2.49. The summed E-state index contributed by atoms with van der Waals surface area (Å²) in [5, 5.41) is 3.60. The summed E-state index contributed by atoms with van der Waals surface area (Å²) in [6.45, 7) is 6.95. The molecule has 2 rings (SSSR count). The number of hydrogen-bond donors (Lipinski definition) is 1. The van der Waals surface area contributed by atoms with Gasteiger partial charge in [-0.25, -0.2) is 0 Å². The Morgan fingerprint density at radius 3 is 2.95 bits per heavy atom. The molecule has 1 heterocycles. The van der Waals surface area contributed by atoms with Gasteiger partial charge in [0.15, 0.2) is 0 Å². The first-order chi connectivity index (χ1) is 9.26. The van der Waals surface area contributed by atoms with Gasteiger partial charge in [0.25, 0.3) is 0 Å². The highest BCUT2D eigenvalue weighted by Crippen LogP contribution is 2.34. The van der Waals surface area contributed by atoms with Crippen LogP contribution in [0.5, 0.6) is 5.75 Å². The largest absolute Gasteiger partial charge is 0.496 e. The quantitative estimate of drug-likeness (QED) is 0.885. The number of nitrogens with one attached hydrogen (secondary N) is 1. The molecule has 1 fully saturated rings. The van der Waals surface area contributed by atoms with Gasteiger partial charge in [-0.15, -0.1) is 0 Å². The minimum atomic E-state index is 0.320. The molecule has 0 saturated carbocycles. The average molecular weight is 263 g/mol. The van der Waals surface area contributed by atoms with E-state index in [1.807, 2.05) is 0 Å². The highest BCUT2D eigenvalue weighted by atomic mass is 16.5. The van der Waals surface area contributed by atoms with Crippen LogP contribution in [0.2, 0.25) is 0 Å². The highest BCUT2D eigenvalue weighted by Gasteiger charge is 2.27. The smallest absolute Gasteiger partial charge is 0.123 e. The number of aryl methyl sites for hydroxylation is 1. The standard InChI is InChI=1S/C16H25NO2/c1-4-17-16(13-6-5-9-19-11-13)14-8-7-12(2)10-15(14)18-3/h7-8,10,13,16-17H,4-6,9,11H2,1-3H3. The predicted molar refractivity (Wildman–Crippen MR) is 77.7 cm³/mol. The monoisotopic (exact) mass is 263 g/mol. The Hall–Kier alpha value is -1.06. The van der Waals surface area contributed by atoms with Crippen molar-refractivity contribution in [2.24, 2.45) is 5.92 Å². The molecule has 0 bridgehead atoms. The summed E-state index contributed by atoms with van der Waals surface area (Å²) in [5.74, 6) is 1.52. The third-order valence-corrected chi connectivity index (χ3v) is 3.81. The summed E-state index contributed by atoms with van der Waals surface area (Å²) in [7, 11) is 1.75. The molecule has 1 aliphatic heterocycles. The Kier molecular flexibility index (Phi) is 5.23. The van der Waals surface area contributed by atoms with Crippen molar-refractivity contribution in [2.45, 2.75) is 32.7 Å². The molecule has 1 aromatic carbocycles. The number of benzene rings is 1. The molecule has 1 N–H and O–H groups in total. The van der Waals surface area contributed by atoms with Crippen molar-refractivity contribution >= 4 is 0 Å². The average Bonchev–Trinajstić information content (AvgIpc) is 2.46. The van der Waals surface area contributed by atoms with Crippen LogP contribution in [0.4, 0.5) is 0 Å². The Labute approximate surface area is 116 Å². The lowest BCUT2D eigenvalue weighted by molar-refractivity contribution is 0.0389. The molecule has 2 unspecified atom stereocenters. The Bertz CT molecular complexity index is 400. The van der Waals surface area contributed by atoms with E-state index in [0.29, 0.717) is 12.0 Å². The van der Waals surface area contributed by atoms with Gasteiger partial charge in [0, 0.05) is 24.1 Å². The molecule has 106 valence electrons. The second-order valence-corrected chi connectivity index (χ2v) is 5.26. The van der Waals surface area contributed by atoms with Crippen LogP contribution in [0.25, 0.3) is 0 Å². The second kappa shape index (κ2) is 6.92. The fourth-order valence-corrected chi connectivity index (χ4v) is 2.85. The van der Waals surface area contributed by atoms with Crippen molar-refractivity contribution < 1.29 is 9.47 Å². The first-order valence-corrected chi connectivity index (χ1v) is 7.22. The molecule has 2 atom stereocenters.